The molecule has 1 aromatic rings. The minimum atomic E-state index is -0.429. The van der Waals surface area contributed by atoms with Gasteiger partial charge in [0.15, 0.2) is 0 Å². The Morgan fingerprint density at radius 3 is 2.59 bits per heavy atom. The molecule has 124 valence electrons. The molecule has 0 aliphatic carbocycles. The normalized spacial score (nSPS) is 18.3. The van der Waals surface area contributed by atoms with Crippen molar-refractivity contribution in [3.05, 3.63) is 18.0 Å². The lowest BCUT2D eigenvalue weighted by Gasteiger charge is -2.33. The first-order chi connectivity index (χ1) is 10.3. The summed E-state index contributed by atoms with van der Waals surface area (Å²) in [6.45, 7) is 11.6. The molecule has 0 radical (unpaired) electrons. The van der Waals surface area contributed by atoms with Crippen LogP contribution >= 0.6 is 0 Å². The van der Waals surface area contributed by atoms with Gasteiger partial charge in [-0.05, 0) is 51.5 Å². The summed E-state index contributed by atoms with van der Waals surface area (Å²) in [7, 11) is 0. The molecule has 5 nitrogen and oxygen atoms in total. The van der Waals surface area contributed by atoms with Gasteiger partial charge in [0.1, 0.15) is 5.60 Å². The Kier molecular flexibility index (Phi) is 5.14. The molecule has 0 N–H and O–H groups in total. The molecule has 0 bridgehead atoms. The summed E-state index contributed by atoms with van der Waals surface area (Å²) in [4.78, 5) is 13.9. The van der Waals surface area contributed by atoms with Gasteiger partial charge < -0.3 is 9.64 Å². The van der Waals surface area contributed by atoms with Crippen LogP contribution in [0.5, 0.6) is 0 Å². The summed E-state index contributed by atoms with van der Waals surface area (Å²) in [5.41, 5.74) is 0.873. The number of rotatable bonds is 3. The third-order valence-corrected chi connectivity index (χ3v) is 4.29. The average Bonchev–Trinajstić information content (AvgIpc) is 2.94. The molecule has 2 rings (SSSR count). The summed E-state index contributed by atoms with van der Waals surface area (Å²) in [5, 5.41) is 4.52. The van der Waals surface area contributed by atoms with Crippen LogP contribution in [0, 0.1) is 0 Å². The van der Waals surface area contributed by atoms with E-state index in [1.807, 2.05) is 27.0 Å². The molecular formula is C17H29N3O2. The van der Waals surface area contributed by atoms with E-state index >= 15 is 0 Å². The van der Waals surface area contributed by atoms with Crippen LogP contribution in [-0.4, -0.2) is 39.5 Å². The molecule has 1 aliphatic heterocycles. The summed E-state index contributed by atoms with van der Waals surface area (Å²) < 4.78 is 7.51. The van der Waals surface area contributed by atoms with Crippen molar-refractivity contribution in [2.75, 3.05) is 13.1 Å². The quantitative estimate of drug-likeness (QED) is 0.849. The van der Waals surface area contributed by atoms with E-state index in [1.54, 1.807) is 4.90 Å². The summed E-state index contributed by atoms with van der Waals surface area (Å²) >= 11 is 0. The maximum absolute atomic E-state index is 12.1. The Hall–Kier alpha value is -1.52. The van der Waals surface area contributed by atoms with Crippen LogP contribution in [0.15, 0.2) is 12.4 Å². The third-order valence-electron chi connectivity index (χ3n) is 4.29. The molecule has 0 aromatic carbocycles. The van der Waals surface area contributed by atoms with Gasteiger partial charge in [-0.15, -0.1) is 0 Å². The Morgan fingerprint density at radius 2 is 2.05 bits per heavy atom. The smallest absolute Gasteiger partial charge is 0.410 e. The van der Waals surface area contributed by atoms with E-state index in [9.17, 15) is 4.79 Å². The molecular weight excluding hydrogens is 278 g/mol. The summed E-state index contributed by atoms with van der Waals surface area (Å²) in [6.07, 6.45) is 6.94. The van der Waals surface area contributed by atoms with E-state index < -0.39 is 5.60 Å². The number of hydrogen-bond donors (Lipinski definition) is 0. The highest BCUT2D eigenvalue weighted by molar-refractivity contribution is 5.68. The number of carbonyl (C=O) groups excluding carboxylic acids is 1. The predicted octanol–water partition coefficient (Wildman–Crippen LogP) is 3.97. The minimum Gasteiger partial charge on any atom is -0.444 e. The van der Waals surface area contributed by atoms with E-state index in [1.165, 1.54) is 5.56 Å². The van der Waals surface area contributed by atoms with Crippen molar-refractivity contribution < 1.29 is 9.53 Å². The number of ether oxygens (including phenoxy) is 1. The second-order valence-corrected chi connectivity index (χ2v) is 7.26. The van der Waals surface area contributed by atoms with Crippen molar-refractivity contribution in [1.29, 1.82) is 0 Å². The zero-order valence-electron chi connectivity index (χ0n) is 14.5. The lowest BCUT2D eigenvalue weighted by atomic mass is 10.0. The Bertz CT molecular complexity index is 496. The molecule has 0 spiro atoms. The first-order valence-electron chi connectivity index (χ1n) is 8.32. The first-order valence-corrected chi connectivity index (χ1v) is 8.32. The van der Waals surface area contributed by atoms with E-state index in [4.69, 9.17) is 4.74 Å². The monoisotopic (exact) mass is 307 g/mol. The molecule has 1 saturated heterocycles. The maximum atomic E-state index is 12.1. The van der Waals surface area contributed by atoms with Gasteiger partial charge in [0.05, 0.1) is 12.2 Å². The van der Waals surface area contributed by atoms with Crippen LogP contribution in [0.2, 0.25) is 0 Å². The van der Waals surface area contributed by atoms with Crippen molar-refractivity contribution in [2.24, 2.45) is 0 Å². The third kappa shape index (κ3) is 4.24. The molecule has 1 atom stereocenters. The van der Waals surface area contributed by atoms with Crippen LogP contribution < -0.4 is 0 Å². The van der Waals surface area contributed by atoms with Crippen LogP contribution in [-0.2, 0) is 4.74 Å². The highest BCUT2D eigenvalue weighted by atomic mass is 16.6. The van der Waals surface area contributed by atoms with Crippen LogP contribution in [0.3, 0.4) is 0 Å². The number of aromatic nitrogens is 2. The fraction of sp³-hybridized carbons (Fsp3) is 0.765. The molecule has 1 unspecified atom stereocenters. The van der Waals surface area contributed by atoms with E-state index in [2.05, 4.69) is 29.8 Å². The average molecular weight is 307 g/mol. The molecule has 2 heterocycles. The number of nitrogens with zero attached hydrogens (tertiary/aromatic N) is 3. The largest absolute Gasteiger partial charge is 0.444 e. The number of hydrogen-bond acceptors (Lipinski definition) is 3. The van der Waals surface area contributed by atoms with Crippen molar-refractivity contribution in [3.8, 4) is 0 Å². The molecule has 0 saturated carbocycles. The minimum absolute atomic E-state index is 0.202. The number of amides is 1. The first kappa shape index (κ1) is 16.8. The van der Waals surface area contributed by atoms with Gasteiger partial charge in [-0.3, -0.25) is 4.68 Å². The zero-order chi connectivity index (χ0) is 16.3. The maximum Gasteiger partial charge on any atom is 0.410 e. The van der Waals surface area contributed by atoms with E-state index in [0.717, 1.165) is 32.4 Å². The summed E-state index contributed by atoms with van der Waals surface area (Å²) in [5.74, 6) is 0.551. The molecule has 5 heteroatoms. The van der Waals surface area contributed by atoms with Crippen LogP contribution in [0.4, 0.5) is 4.79 Å². The topological polar surface area (TPSA) is 47.4 Å². The predicted molar refractivity (Wildman–Crippen MR) is 87.0 cm³/mol. The van der Waals surface area contributed by atoms with Gasteiger partial charge in [0.25, 0.3) is 0 Å². The van der Waals surface area contributed by atoms with Crippen LogP contribution in [0.25, 0.3) is 0 Å². The molecule has 1 aliphatic rings. The standard InChI is InChI=1S/C17H29N3O2/c1-6-13(2)14-11-18-20(12-14)15-7-9-19(10-8-15)16(21)22-17(3,4)5/h11-13,15H,6-10H2,1-5H3. The van der Waals surface area contributed by atoms with E-state index in [-0.39, 0.29) is 6.09 Å². The highest BCUT2D eigenvalue weighted by Crippen LogP contribution is 2.25. The Morgan fingerprint density at radius 1 is 1.41 bits per heavy atom. The van der Waals surface area contributed by atoms with Gasteiger partial charge in [-0.2, -0.15) is 5.10 Å². The van der Waals surface area contributed by atoms with Gasteiger partial charge in [0, 0.05) is 19.3 Å². The van der Waals surface area contributed by atoms with E-state index in [0.29, 0.717) is 12.0 Å². The van der Waals surface area contributed by atoms with Gasteiger partial charge in [-0.1, -0.05) is 13.8 Å². The fourth-order valence-corrected chi connectivity index (χ4v) is 2.68. The van der Waals surface area contributed by atoms with Gasteiger partial charge in [0.2, 0.25) is 0 Å². The zero-order valence-corrected chi connectivity index (χ0v) is 14.5. The highest BCUT2D eigenvalue weighted by Gasteiger charge is 2.27. The number of piperidine rings is 1. The van der Waals surface area contributed by atoms with Crippen molar-refractivity contribution in [1.82, 2.24) is 14.7 Å². The second kappa shape index (κ2) is 6.71. The van der Waals surface area contributed by atoms with Gasteiger partial charge in [-0.25, -0.2) is 4.79 Å². The molecule has 22 heavy (non-hydrogen) atoms. The molecule has 1 amide bonds. The number of carbonyl (C=O) groups is 1. The summed E-state index contributed by atoms with van der Waals surface area (Å²) in [6, 6.07) is 0.386. The SMILES string of the molecule is CCC(C)c1cnn(C2CCN(C(=O)OC(C)(C)C)CC2)c1. The lowest BCUT2D eigenvalue weighted by molar-refractivity contribution is 0.0185. The molecule has 1 aromatic heterocycles. The Balaban J connectivity index is 1.89. The fourth-order valence-electron chi connectivity index (χ4n) is 2.68. The van der Waals surface area contributed by atoms with Gasteiger partial charge >= 0.3 is 6.09 Å². The van der Waals surface area contributed by atoms with Crippen LogP contribution in [0.1, 0.15) is 71.4 Å². The van der Waals surface area contributed by atoms with Crippen molar-refractivity contribution in [2.45, 2.75) is 71.4 Å². The lowest BCUT2D eigenvalue weighted by Crippen LogP contribution is -2.42. The molecule has 1 fully saturated rings. The van der Waals surface area contributed by atoms with Crippen molar-refractivity contribution >= 4 is 6.09 Å². The van der Waals surface area contributed by atoms with Crippen molar-refractivity contribution in [3.63, 3.8) is 0 Å². The number of likely N-dealkylation sites (tertiary alicyclic amines) is 1. The Labute approximate surface area is 133 Å². The second-order valence-electron chi connectivity index (χ2n) is 7.26.